The van der Waals surface area contributed by atoms with Crippen LogP contribution in [0.4, 0.5) is 4.39 Å². The van der Waals surface area contributed by atoms with E-state index >= 15 is 0 Å². The highest BCUT2D eigenvalue weighted by molar-refractivity contribution is 5.89. The molecule has 5 nitrogen and oxygen atoms in total. The van der Waals surface area contributed by atoms with Crippen LogP contribution in [0.3, 0.4) is 0 Å². The zero-order valence-electron chi connectivity index (χ0n) is 10.3. The lowest BCUT2D eigenvalue weighted by molar-refractivity contribution is -0.252. The van der Waals surface area contributed by atoms with Crippen molar-refractivity contribution < 1.29 is 28.9 Å². The van der Waals surface area contributed by atoms with Crippen LogP contribution in [-0.2, 0) is 9.47 Å². The van der Waals surface area contributed by atoms with Gasteiger partial charge in [-0.2, -0.15) is 0 Å². The van der Waals surface area contributed by atoms with Crippen LogP contribution >= 0.6 is 0 Å². The fourth-order valence-corrected chi connectivity index (χ4v) is 1.89. The summed E-state index contributed by atoms with van der Waals surface area (Å²) in [5, 5.41) is 19.4. The Morgan fingerprint density at radius 1 is 1.26 bits per heavy atom. The highest BCUT2D eigenvalue weighted by Crippen LogP contribution is 2.24. The average molecular weight is 270 g/mol. The molecule has 0 unspecified atom stereocenters. The number of carbonyl (C=O) groups excluding carboxylic acids is 1. The number of aliphatic hydroxyl groups is 2. The summed E-state index contributed by atoms with van der Waals surface area (Å²) in [6.07, 6.45) is -7.21. The lowest BCUT2D eigenvalue weighted by Gasteiger charge is -2.37. The second-order valence-corrected chi connectivity index (χ2v) is 4.41. The van der Waals surface area contributed by atoms with E-state index in [1.807, 2.05) is 0 Å². The normalized spacial score (nSPS) is 34.8. The van der Waals surface area contributed by atoms with Crippen LogP contribution < -0.4 is 0 Å². The fraction of sp³-hybridized carbons (Fsp3) is 0.462. The van der Waals surface area contributed by atoms with Crippen LogP contribution in [0.25, 0.3) is 0 Å². The zero-order chi connectivity index (χ0) is 14.0. The summed E-state index contributed by atoms with van der Waals surface area (Å²) in [6, 6.07) is 8.07. The zero-order valence-corrected chi connectivity index (χ0v) is 10.3. The van der Waals surface area contributed by atoms with Crippen LogP contribution in [0.2, 0.25) is 0 Å². The Balaban J connectivity index is 2.10. The van der Waals surface area contributed by atoms with Gasteiger partial charge in [0.25, 0.3) is 0 Å². The lowest BCUT2D eigenvalue weighted by Crippen LogP contribution is -2.56. The number of hydrogen-bond acceptors (Lipinski definition) is 5. The first-order valence-electron chi connectivity index (χ1n) is 5.92. The monoisotopic (exact) mass is 270 g/mol. The van der Waals surface area contributed by atoms with Crippen molar-refractivity contribution in [3.8, 4) is 0 Å². The minimum absolute atomic E-state index is 0.261. The summed E-state index contributed by atoms with van der Waals surface area (Å²) in [5.74, 6) is -0.731. The molecule has 0 spiro atoms. The smallest absolute Gasteiger partial charge is 0.338 e. The van der Waals surface area contributed by atoms with Gasteiger partial charge in [-0.25, -0.2) is 9.18 Å². The third kappa shape index (κ3) is 2.91. The van der Waals surface area contributed by atoms with E-state index < -0.39 is 36.7 Å². The van der Waals surface area contributed by atoms with Crippen molar-refractivity contribution in [1.29, 1.82) is 0 Å². The molecule has 1 aromatic rings. The molecule has 1 saturated heterocycles. The second-order valence-electron chi connectivity index (χ2n) is 4.41. The molecular weight excluding hydrogens is 255 g/mol. The summed E-state index contributed by atoms with van der Waals surface area (Å²) in [6.45, 7) is 1.44. The first kappa shape index (κ1) is 13.9. The van der Waals surface area contributed by atoms with Gasteiger partial charge in [0.2, 0.25) is 6.36 Å². The average Bonchev–Trinajstić information content (AvgIpc) is 2.42. The fourth-order valence-electron chi connectivity index (χ4n) is 1.89. The molecule has 6 heteroatoms. The standard InChI is InChI=1S/C13H15FO5/c1-7-9(15)11(10(16)12(14)18-7)19-13(17)8-5-3-2-4-6-8/h2-7,9-12,15-16H,1H3/t7-,9+,10-,11+,12+/m1/s1. The van der Waals surface area contributed by atoms with E-state index in [1.54, 1.807) is 18.2 Å². The van der Waals surface area contributed by atoms with Crippen molar-refractivity contribution >= 4 is 5.97 Å². The van der Waals surface area contributed by atoms with E-state index in [0.29, 0.717) is 0 Å². The molecule has 1 fully saturated rings. The summed E-state index contributed by atoms with van der Waals surface area (Å²) in [5.41, 5.74) is 0.261. The van der Waals surface area contributed by atoms with Gasteiger partial charge in [0.05, 0.1) is 11.7 Å². The van der Waals surface area contributed by atoms with Crippen LogP contribution in [0.5, 0.6) is 0 Å². The summed E-state index contributed by atoms with van der Waals surface area (Å²) < 4.78 is 23.0. The Labute approximate surface area is 109 Å². The number of halogens is 1. The van der Waals surface area contributed by atoms with Crippen LogP contribution in [0.1, 0.15) is 17.3 Å². The number of alkyl halides is 1. The largest absolute Gasteiger partial charge is 0.453 e. The number of rotatable bonds is 2. The minimum atomic E-state index is -1.99. The Bertz CT molecular complexity index is 424. The lowest BCUT2D eigenvalue weighted by atomic mass is 10.00. The van der Waals surface area contributed by atoms with Crippen molar-refractivity contribution in [1.82, 2.24) is 0 Å². The van der Waals surface area contributed by atoms with Gasteiger partial charge in [-0.3, -0.25) is 0 Å². The maximum absolute atomic E-state index is 13.3. The Morgan fingerprint density at radius 2 is 1.89 bits per heavy atom. The van der Waals surface area contributed by atoms with Gasteiger partial charge < -0.3 is 19.7 Å². The van der Waals surface area contributed by atoms with Crippen LogP contribution in [-0.4, -0.2) is 47.0 Å². The number of benzene rings is 1. The predicted octanol–water partition coefficient (Wildman–Crippen LogP) is 0.648. The molecule has 0 saturated carbocycles. The van der Waals surface area contributed by atoms with Gasteiger partial charge >= 0.3 is 5.97 Å². The number of esters is 1. The predicted molar refractivity (Wildman–Crippen MR) is 63.1 cm³/mol. The molecule has 104 valence electrons. The Kier molecular flexibility index (Phi) is 4.14. The van der Waals surface area contributed by atoms with Crippen LogP contribution in [0.15, 0.2) is 30.3 Å². The first-order chi connectivity index (χ1) is 9.00. The summed E-state index contributed by atoms with van der Waals surface area (Å²) in [7, 11) is 0. The van der Waals surface area contributed by atoms with Crippen molar-refractivity contribution in [2.24, 2.45) is 0 Å². The van der Waals surface area contributed by atoms with Gasteiger partial charge in [0.15, 0.2) is 6.10 Å². The summed E-state index contributed by atoms with van der Waals surface area (Å²) in [4.78, 5) is 11.8. The third-order valence-corrected chi connectivity index (χ3v) is 3.02. The van der Waals surface area contributed by atoms with Gasteiger partial charge in [0.1, 0.15) is 12.2 Å². The van der Waals surface area contributed by atoms with Crippen molar-refractivity contribution in [2.75, 3.05) is 0 Å². The molecule has 1 aliphatic rings. The highest BCUT2D eigenvalue weighted by Gasteiger charge is 2.45. The number of ether oxygens (including phenoxy) is 2. The van der Waals surface area contributed by atoms with E-state index in [1.165, 1.54) is 19.1 Å². The molecule has 2 rings (SSSR count). The van der Waals surface area contributed by atoms with Gasteiger partial charge in [-0.15, -0.1) is 0 Å². The molecule has 5 atom stereocenters. The van der Waals surface area contributed by atoms with E-state index in [4.69, 9.17) is 4.74 Å². The van der Waals surface area contributed by atoms with Crippen molar-refractivity contribution in [3.05, 3.63) is 35.9 Å². The molecule has 0 aromatic heterocycles. The Hall–Kier alpha value is -1.50. The first-order valence-corrected chi connectivity index (χ1v) is 5.92. The number of aliphatic hydroxyl groups excluding tert-OH is 2. The van der Waals surface area contributed by atoms with Gasteiger partial charge in [-0.05, 0) is 19.1 Å². The number of hydrogen-bond donors (Lipinski definition) is 2. The van der Waals surface area contributed by atoms with Crippen LogP contribution in [0, 0.1) is 0 Å². The van der Waals surface area contributed by atoms with E-state index in [0.717, 1.165) is 0 Å². The molecule has 0 amide bonds. The molecule has 0 aliphatic carbocycles. The number of carbonyl (C=O) groups is 1. The molecule has 1 aromatic carbocycles. The summed E-state index contributed by atoms with van der Waals surface area (Å²) >= 11 is 0. The Morgan fingerprint density at radius 3 is 2.53 bits per heavy atom. The van der Waals surface area contributed by atoms with Crippen molar-refractivity contribution in [2.45, 2.75) is 37.7 Å². The quantitative estimate of drug-likeness (QED) is 0.772. The van der Waals surface area contributed by atoms with E-state index in [9.17, 15) is 19.4 Å². The molecule has 2 N–H and O–H groups in total. The van der Waals surface area contributed by atoms with Gasteiger partial charge in [-0.1, -0.05) is 18.2 Å². The molecule has 0 radical (unpaired) electrons. The molecular formula is C13H15FO5. The topological polar surface area (TPSA) is 76.0 Å². The maximum atomic E-state index is 13.3. The third-order valence-electron chi connectivity index (χ3n) is 3.02. The minimum Gasteiger partial charge on any atom is -0.453 e. The highest BCUT2D eigenvalue weighted by atomic mass is 19.1. The van der Waals surface area contributed by atoms with Crippen molar-refractivity contribution in [3.63, 3.8) is 0 Å². The molecule has 0 bridgehead atoms. The SMILES string of the molecule is C[C@H]1O[C@H](F)[C@H](O)[C@@H](OC(=O)c2ccccc2)[C@H]1O. The van der Waals surface area contributed by atoms with E-state index in [2.05, 4.69) is 4.74 Å². The maximum Gasteiger partial charge on any atom is 0.338 e. The molecule has 1 aliphatic heterocycles. The van der Waals surface area contributed by atoms with E-state index in [-0.39, 0.29) is 5.56 Å². The second kappa shape index (κ2) is 5.64. The molecule has 19 heavy (non-hydrogen) atoms. The molecule has 1 heterocycles. The van der Waals surface area contributed by atoms with Gasteiger partial charge in [0, 0.05) is 0 Å².